The summed E-state index contributed by atoms with van der Waals surface area (Å²) < 4.78 is 5.80. The summed E-state index contributed by atoms with van der Waals surface area (Å²) in [6, 6.07) is 2.41. The number of nitrogens with zero attached hydrogens (tertiary/aromatic N) is 3. The molecule has 2 heterocycles. The topological polar surface area (TPSA) is 50.3 Å². The van der Waals surface area contributed by atoms with E-state index in [1.165, 1.54) is 18.5 Å². The zero-order valence-electron chi connectivity index (χ0n) is 11.7. The maximum absolute atomic E-state index is 5.80. The molecule has 0 radical (unpaired) electrons. The van der Waals surface area contributed by atoms with Gasteiger partial charge in [0, 0.05) is 37.4 Å². The van der Waals surface area contributed by atoms with Crippen molar-refractivity contribution in [2.45, 2.75) is 37.8 Å². The Labute approximate surface area is 114 Å². The molecule has 1 aliphatic heterocycles. The number of hydrogen-bond donors (Lipinski definition) is 1. The Kier molecular flexibility index (Phi) is 3.66. The van der Waals surface area contributed by atoms with E-state index >= 15 is 0 Å². The van der Waals surface area contributed by atoms with Gasteiger partial charge in [-0.3, -0.25) is 0 Å². The number of anilines is 1. The number of nitrogens with one attached hydrogen (secondary N) is 1. The molecular formula is C14H22N4O. The lowest BCUT2D eigenvalue weighted by Gasteiger charge is -2.20. The molecule has 5 heteroatoms. The molecule has 1 N–H and O–H groups in total. The van der Waals surface area contributed by atoms with Gasteiger partial charge in [0.2, 0.25) is 0 Å². The van der Waals surface area contributed by atoms with Crippen molar-refractivity contribution in [2.24, 2.45) is 0 Å². The number of rotatable bonds is 5. The third-order valence-corrected chi connectivity index (χ3v) is 3.85. The first-order valence-electron chi connectivity index (χ1n) is 7.15. The van der Waals surface area contributed by atoms with E-state index in [9.17, 15) is 0 Å². The molecule has 0 bridgehead atoms. The Morgan fingerprint density at radius 1 is 1.37 bits per heavy atom. The van der Waals surface area contributed by atoms with Crippen LogP contribution in [0.25, 0.3) is 0 Å². The number of aromatic nitrogens is 2. The van der Waals surface area contributed by atoms with Crippen LogP contribution in [-0.2, 0) is 4.74 Å². The summed E-state index contributed by atoms with van der Waals surface area (Å²) in [6.07, 6.45) is 4.45. The zero-order valence-corrected chi connectivity index (χ0v) is 11.7. The van der Waals surface area contributed by atoms with Crippen LogP contribution in [0, 0.1) is 0 Å². The largest absolute Gasteiger partial charge is 0.375 e. The van der Waals surface area contributed by atoms with Gasteiger partial charge in [-0.15, -0.1) is 0 Å². The molecule has 2 fully saturated rings. The standard InChI is InChI=1S/C14H22N4O/c1-3-19-13-8-18(2)7-12(13)17-14-6-11(10-4-5-10)15-9-16-14/h6,9-10,12-13H,3-5,7-8H2,1-2H3,(H,15,16,17)/t12-,13-/m1/s1. The van der Waals surface area contributed by atoms with E-state index < -0.39 is 0 Å². The van der Waals surface area contributed by atoms with E-state index in [2.05, 4.69) is 33.3 Å². The minimum Gasteiger partial charge on any atom is -0.375 e. The number of likely N-dealkylation sites (N-methyl/N-ethyl adjacent to an activating group) is 1. The highest BCUT2D eigenvalue weighted by molar-refractivity contribution is 5.38. The second kappa shape index (κ2) is 5.43. The monoisotopic (exact) mass is 262 g/mol. The van der Waals surface area contributed by atoms with Gasteiger partial charge in [-0.05, 0) is 26.8 Å². The van der Waals surface area contributed by atoms with E-state index in [1.807, 2.05) is 6.92 Å². The molecule has 0 amide bonds. The average molecular weight is 262 g/mol. The first-order valence-corrected chi connectivity index (χ1v) is 7.15. The van der Waals surface area contributed by atoms with E-state index in [4.69, 9.17) is 4.74 Å². The van der Waals surface area contributed by atoms with Crippen molar-refractivity contribution in [3.05, 3.63) is 18.1 Å². The molecule has 1 aromatic heterocycles. The van der Waals surface area contributed by atoms with Crippen LogP contribution in [0.5, 0.6) is 0 Å². The number of hydrogen-bond acceptors (Lipinski definition) is 5. The number of likely N-dealkylation sites (tertiary alicyclic amines) is 1. The quantitative estimate of drug-likeness (QED) is 0.871. The van der Waals surface area contributed by atoms with Gasteiger partial charge < -0.3 is 15.0 Å². The Hall–Kier alpha value is -1.20. The molecule has 19 heavy (non-hydrogen) atoms. The Balaban J connectivity index is 1.67. The van der Waals surface area contributed by atoms with Crippen LogP contribution in [0.15, 0.2) is 12.4 Å². The van der Waals surface area contributed by atoms with E-state index in [-0.39, 0.29) is 6.10 Å². The van der Waals surface area contributed by atoms with Crippen molar-refractivity contribution < 1.29 is 4.74 Å². The smallest absolute Gasteiger partial charge is 0.129 e. The predicted molar refractivity (Wildman–Crippen MR) is 74.3 cm³/mol. The summed E-state index contributed by atoms with van der Waals surface area (Å²) in [5.41, 5.74) is 1.18. The van der Waals surface area contributed by atoms with Crippen LogP contribution in [0.2, 0.25) is 0 Å². The molecule has 104 valence electrons. The molecule has 2 aliphatic rings. The minimum absolute atomic E-state index is 0.245. The summed E-state index contributed by atoms with van der Waals surface area (Å²) in [7, 11) is 2.13. The number of ether oxygens (including phenoxy) is 1. The molecule has 3 rings (SSSR count). The Morgan fingerprint density at radius 2 is 2.21 bits per heavy atom. The molecule has 0 spiro atoms. The van der Waals surface area contributed by atoms with Crippen LogP contribution >= 0.6 is 0 Å². The SMILES string of the molecule is CCO[C@@H]1CN(C)C[C@H]1Nc1cc(C2CC2)ncn1. The molecule has 1 aliphatic carbocycles. The van der Waals surface area contributed by atoms with Gasteiger partial charge in [0.05, 0.1) is 12.1 Å². The van der Waals surface area contributed by atoms with E-state index in [1.54, 1.807) is 6.33 Å². The van der Waals surface area contributed by atoms with Crippen LogP contribution in [0.3, 0.4) is 0 Å². The minimum atomic E-state index is 0.245. The molecule has 5 nitrogen and oxygen atoms in total. The summed E-state index contributed by atoms with van der Waals surface area (Å²) in [4.78, 5) is 11.0. The maximum atomic E-state index is 5.80. The van der Waals surface area contributed by atoms with Gasteiger partial charge in [0.25, 0.3) is 0 Å². The molecule has 1 saturated heterocycles. The summed E-state index contributed by atoms with van der Waals surface area (Å²) >= 11 is 0. The molecular weight excluding hydrogens is 240 g/mol. The second-order valence-electron chi connectivity index (χ2n) is 5.57. The zero-order chi connectivity index (χ0) is 13.2. The van der Waals surface area contributed by atoms with E-state index in [0.29, 0.717) is 12.0 Å². The van der Waals surface area contributed by atoms with Crippen molar-refractivity contribution in [2.75, 3.05) is 32.1 Å². The third-order valence-electron chi connectivity index (χ3n) is 3.85. The second-order valence-corrected chi connectivity index (χ2v) is 5.57. The Bertz CT molecular complexity index is 435. The maximum Gasteiger partial charge on any atom is 0.129 e. The van der Waals surface area contributed by atoms with Crippen molar-refractivity contribution in [3.63, 3.8) is 0 Å². The van der Waals surface area contributed by atoms with Crippen molar-refractivity contribution in [3.8, 4) is 0 Å². The van der Waals surface area contributed by atoms with Gasteiger partial charge >= 0.3 is 0 Å². The van der Waals surface area contributed by atoms with Crippen molar-refractivity contribution in [1.29, 1.82) is 0 Å². The van der Waals surface area contributed by atoms with Gasteiger partial charge in [0.15, 0.2) is 0 Å². The highest BCUT2D eigenvalue weighted by Gasteiger charge is 2.32. The highest BCUT2D eigenvalue weighted by Crippen LogP contribution is 2.39. The molecule has 1 aromatic rings. The molecule has 0 unspecified atom stereocenters. The van der Waals surface area contributed by atoms with Crippen molar-refractivity contribution >= 4 is 5.82 Å². The van der Waals surface area contributed by atoms with Crippen LogP contribution < -0.4 is 5.32 Å². The summed E-state index contributed by atoms with van der Waals surface area (Å²) in [5, 5.41) is 3.51. The fraction of sp³-hybridized carbons (Fsp3) is 0.714. The van der Waals surface area contributed by atoms with Crippen LogP contribution in [0.1, 0.15) is 31.4 Å². The third kappa shape index (κ3) is 3.04. The Morgan fingerprint density at radius 3 is 2.95 bits per heavy atom. The molecule has 2 atom stereocenters. The average Bonchev–Trinajstić information content (AvgIpc) is 3.17. The fourth-order valence-corrected chi connectivity index (χ4v) is 2.73. The predicted octanol–water partition coefficient (Wildman–Crippen LogP) is 1.48. The van der Waals surface area contributed by atoms with Gasteiger partial charge in [-0.1, -0.05) is 0 Å². The lowest BCUT2D eigenvalue weighted by Crippen LogP contribution is -2.34. The van der Waals surface area contributed by atoms with Gasteiger partial charge in [-0.25, -0.2) is 9.97 Å². The molecule has 0 aromatic carbocycles. The summed E-state index contributed by atoms with van der Waals surface area (Å²) in [6.45, 7) is 4.78. The molecule has 1 saturated carbocycles. The van der Waals surface area contributed by atoms with Crippen LogP contribution in [-0.4, -0.2) is 53.8 Å². The van der Waals surface area contributed by atoms with Gasteiger partial charge in [-0.2, -0.15) is 0 Å². The van der Waals surface area contributed by atoms with Crippen LogP contribution in [0.4, 0.5) is 5.82 Å². The van der Waals surface area contributed by atoms with E-state index in [0.717, 1.165) is 25.5 Å². The lowest BCUT2D eigenvalue weighted by atomic mass is 10.2. The normalized spacial score (nSPS) is 27.7. The first-order chi connectivity index (χ1) is 9.26. The lowest BCUT2D eigenvalue weighted by molar-refractivity contribution is 0.0652. The fourth-order valence-electron chi connectivity index (χ4n) is 2.73. The van der Waals surface area contributed by atoms with Crippen molar-refractivity contribution in [1.82, 2.24) is 14.9 Å². The van der Waals surface area contributed by atoms with Gasteiger partial charge in [0.1, 0.15) is 12.1 Å². The highest BCUT2D eigenvalue weighted by atomic mass is 16.5. The first kappa shape index (κ1) is 12.8. The summed E-state index contributed by atoms with van der Waals surface area (Å²) in [5.74, 6) is 1.60.